The number of rotatable bonds is 9. The Bertz CT molecular complexity index is 835. The Morgan fingerprint density at radius 3 is 2.43 bits per heavy atom. The van der Waals surface area contributed by atoms with Gasteiger partial charge in [-0.25, -0.2) is 4.99 Å². The van der Waals surface area contributed by atoms with Gasteiger partial charge in [0, 0.05) is 24.2 Å². The molecule has 0 bridgehead atoms. The van der Waals surface area contributed by atoms with Crippen LogP contribution in [0.1, 0.15) is 23.6 Å². The number of ether oxygens (including phenoxy) is 3. The zero-order valence-corrected chi connectivity index (χ0v) is 19.8. The van der Waals surface area contributed by atoms with E-state index in [9.17, 15) is 8.78 Å². The lowest BCUT2D eigenvalue weighted by Gasteiger charge is -2.16. The molecule has 30 heavy (non-hydrogen) atoms. The molecular weight excluding hydrogens is 507 g/mol. The van der Waals surface area contributed by atoms with Gasteiger partial charge in [-0.05, 0) is 26.0 Å². The molecule has 0 heterocycles. The van der Waals surface area contributed by atoms with Crippen molar-refractivity contribution in [2.45, 2.75) is 33.5 Å². The van der Waals surface area contributed by atoms with Gasteiger partial charge >= 0.3 is 6.61 Å². The van der Waals surface area contributed by atoms with Crippen molar-refractivity contribution in [3.8, 4) is 17.2 Å². The molecule has 0 saturated carbocycles. The fourth-order valence-corrected chi connectivity index (χ4v) is 2.82. The van der Waals surface area contributed by atoms with Crippen molar-refractivity contribution in [3.05, 3.63) is 53.1 Å². The Balaban J connectivity index is 0.00000450. The minimum absolute atomic E-state index is 0. The number of alkyl halides is 2. The Kier molecular flexibility index (Phi) is 11.2. The lowest BCUT2D eigenvalue weighted by Crippen LogP contribution is -2.36. The van der Waals surface area contributed by atoms with Crippen LogP contribution in [0.4, 0.5) is 8.78 Å². The molecule has 0 aliphatic carbocycles. The highest BCUT2D eigenvalue weighted by atomic mass is 127. The zero-order chi connectivity index (χ0) is 21.2. The first-order chi connectivity index (χ1) is 14.0. The standard InChI is InChI=1S/C21H27F2N3O3.HI/c1-5-24-21(25-12-15-7-6-8-18(27-3)19(15)28-4)26-13-16-11-14(2)9-10-17(16)29-20(22)23;/h6-11,20H,5,12-13H2,1-4H3,(H2,24,25,26);1H. The van der Waals surface area contributed by atoms with Crippen molar-refractivity contribution in [2.75, 3.05) is 20.8 Å². The predicted molar refractivity (Wildman–Crippen MR) is 124 cm³/mol. The molecule has 9 heteroatoms. The van der Waals surface area contributed by atoms with E-state index in [1.54, 1.807) is 26.4 Å². The highest BCUT2D eigenvalue weighted by Crippen LogP contribution is 2.30. The normalized spacial score (nSPS) is 11.0. The van der Waals surface area contributed by atoms with Crippen LogP contribution in [0.3, 0.4) is 0 Å². The van der Waals surface area contributed by atoms with Crippen LogP contribution < -0.4 is 24.8 Å². The number of nitrogens with zero attached hydrogens (tertiary/aromatic N) is 1. The third kappa shape index (κ3) is 7.51. The van der Waals surface area contributed by atoms with E-state index < -0.39 is 6.61 Å². The molecule has 0 spiro atoms. The van der Waals surface area contributed by atoms with Crippen molar-refractivity contribution < 1.29 is 23.0 Å². The van der Waals surface area contributed by atoms with Gasteiger partial charge in [-0.2, -0.15) is 8.78 Å². The fourth-order valence-electron chi connectivity index (χ4n) is 2.82. The van der Waals surface area contributed by atoms with Crippen molar-refractivity contribution >= 4 is 29.9 Å². The molecule has 0 amide bonds. The predicted octanol–water partition coefficient (Wildman–Crippen LogP) is 4.49. The molecule has 166 valence electrons. The second-order valence-corrected chi connectivity index (χ2v) is 6.19. The summed E-state index contributed by atoms with van der Waals surface area (Å²) in [6, 6.07) is 10.7. The van der Waals surface area contributed by atoms with Crippen LogP contribution >= 0.6 is 24.0 Å². The number of methoxy groups -OCH3 is 2. The van der Waals surface area contributed by atoms with Gasteiger partial charge in [0.2, 0.25) is 0 Å². The molecule has 0 atom stereocenters. The molecule has 2 N–H and O–H groups in total. The van der Waals surface area contributed by atoms with Crippen LogP contribution in [0, 0.1) is 6.92 Å². The van der Waals surface area contributed by atoms with Crippen LogP contribution in [0.2, 0.25) is 0 Å². The smallest absolute Gasteiger partial charge is 0.387 e. The van der Waals surface area contributed by atoms with Crippen LogP contribution in [-0.2, 0) is 13.1 Å². The van der Waals surface area contributed by atoms with Crippen LogP contribution in [0.5, 0.6) is 17.2 Å². The van der Waals surface area contributed by atoms with Gasteiger partial charge in [-0.3, -0.25) is 0 Å². The van der Waals surface area contributed by atoms with Gasteiger partial charge < -0.3 is 24.8 Å². The number of guanidine groups is 1. The number of hydrogen-bond donors (Lipinski definition) is 2. The molecule has 2 aromatic carbocycles. The fraction of sp³-hybridized carbons (Fsp3) is 0.381. The van der Waals surface area contributed by atoms with E-state index >= 15 is 0 Å². The maximum absolute atomic E-state index is 12.7. The minimum atomic E-state index is -2.88. The number of hydrogen-bond acceptors (Lipinski definition) is 4. The minimum Gasteiger partial charge on any atom is -0.493 e. The summed E-state index contributed by atoms with van der Waals surface area (Å²) in [7, 11) is 3.17. The number of aryl methyl sites for hydroxylation is 1. The van der Waals surface area contributed by atoms with E-state index in [1.807, 2.05) is 32.0 Å². The quantitative estimate of drug-likeness (QED) is 0.282. The summed E-state index contributed by atoms with van der Waals surface area (Å²) in [4.78, 5) is 4.50. The number of benzene rings is 2. The maximum atomic E-state index is 12.7. The largest absolute Gasteiger partial charge is 0.493 e. The highest BCUT2D eigenvalue weighted by molar-refractivity contribution is 14.0. The molecule has 0 radical (unpaired) electrons. The van der Waals surface area contributed by atoms with E-state index in [0.29, 0.717) is 36.1 Å². The van der Waals surface area contributed by atoms with E-state index in [0.717, 1.165) is 11.1 Å². The molecule has 6 nitrogen and oxygen atoms in total. The van der Waals surface area contributed by atoms with Gasteiger partial charge in [-0.15, -0.1) is 24.0 Å². The van der Waals surface area contributed by atoms with E-state index in [4.69, 9.17) is 9.47 Å². The summed E-state index contributed by atoms with van der Waals surface area (Å²) in [5.74, 6) is 1.95. The van der Waals surface area contributed by atoms with E-state index in [1.165, 1.54) is 6.07 Å². The number of para-hydroxylation sites is 1. The first-order valence-electron chi connectivity index (χ1n) is 9.24. The van der Waals surface area contributed by atoms with Gasteiger partial charge in [0.25, 0.3) is 0 Å². The summed E-state index contributed by atoms with van der Waals surface area (Å²) in [6.07, 6.45) is 0. The van der Waals surface area contributed by atoms with Crippen LogP contribution in [0.25, 0.3) is 0 Å². The number of aliphatic imine (C=N–C) groups is 1. The number of halogens is 3. The molecule has 0 aliphatic heterocycles. The van der Waals surface area contributed by atoms with Crippen molar-refractivity contribution in [1.82, 2.24) is 10.6 Å². The van der Waals surface area contributed by atoms with Crippen molar-refractivity contribution in [2.24, 2.45) is 4.99 Å². The third-order valence-electron chi connectivity index (χ3n) is 4.11. The van der Waals surface area contributed by atoms with Crippen molar-refractivity contribution in [3.63, 3.8) is 0 Å². The van der Waals surface area contributed by atoms with E-state index in [2.05, 4.69) is 20.4 Å². The summed E-state index contributed by atoms with van der Waals surface area (Å²) in [5, 5.41) is 6.36. The van der Waals surface area contributed by atoms with Crippen LogP contribution in [-0.4, -0.2) is 33.3 Å². The molecule has 0 fully saturated rings. The SMILES string of the molecule is CCNC(=NCc1cc(C)ccc1OC(F)F)NCc1cccc(OC)c1OC.I. The highest BCUT2D eigenvalue weighted by Gasteiger charge is 2.12. The van der Waals surface area contributed by atoms with Crippen molar-refractivity contribution in [1.29, 1.82) is 0 Å². The van der Waals surface area contributed by atoms with Gasteiger partial charge in [0.1, 0.15) is 5.75 Å². The summed E-state index contributed by atoms with van der Waals surface area (Å²) in [6.45, 7) is 2.23. The molecule has 0 aromatic heterocycles. The Morgan fingerprint density at radius 2 is 1.80 bits per heavy atom. The molecule has 2 aromatic rings. The first-order valence-corrected chi connectivity index (χ1v) is 9.24. The second kappa shape index (κ2) is 13.1. The molecule has 0 aliphatic rings. The topological polar surface area (TPSA) is 64.1 Å². The monoisotopic (exact) mass is 535 g/mol. The number of nitrogens with one attached hydrogen (secondary N) is 2. The summed E-state index contributed by atoms with van der Waals surface area (Å²) >= 11 is 0. The van der Waals surface area contributed by atoms with Gasteiger partial charge in [-0.1, -0.05) is 29.8 Å². The molecular formula is C21H28F2IN3O3. The Hall–Kier alpha value is -2.30. The Labute approximate surface area is 193 Å². The Morgan fingerprint density at radius 1 is 1.03 bits per heavy atom. The second-order valence-electron chi connectivity index (χ2n) is 6.19. The molecule has 2 rings (SSSR count). The van der Waals surface area contributed by atoms with E-state index in [-0.39, 0.29) is 36.3 Å². The maximum Gasteiger partial charge on any atom is 0.387 e. The van der Waals surface area contributed by atoms with Gasteiger partial charge in [0.15, 0.2) is 17.5 Å². The lowest BCUT2D eigenvalue weighted by molar-refractivity contribution is -0.0504. The van der Waals surface area contributed by atoms with Gasteiger partial charge in [0.05, 0.1) is 20.8 Å². The zero-order valence-electron chi connectivity index (χ0n) is 17.5. The third-order valence-corrected chi connectivity index (χ3v) is 4.11. The molecule has 0 saturated heterocycles. The van der Waals surface area contributed by atoms with Crippen LogP contribution in [0.15, 0.2) is 41.4 Å². The first kappa shape index (κ1) is 25.7. The average Bonchev–Trinajstić information content (AvgIpc) is 2.71. The lowest BCUT2D eigenvalue weighted by atomic mass is 10.1. The molecule has 0 unspecified atom stereocenters. The summed E-state index contributed by atoms with van der Waals surface area (Å²) in [5.41, 5.74) is 2.42. The average molecular weight is 535 g/mol. The summed E-state index contributed by atoms with van der Waals surface area (Å²) < 4.78 is 40.7.